The van der Waals surface area contributed by atoms with Gasteiger partial charge in [-0.2, -0.15) is 9.97 Å². The first-order valence-electron chi connectivity index (χ1n) is 12.2. The summed E-state index contributed by atoms with van der Waals surface area (Å²) < 4.78 is 12.8. The Morgan fingerprint density at radius 3 is 2.33 bits per heavy atom. The number of rotatable bonds is 10. The van der Waals surface area contributed by atoms with Gasteiger partial charge in [0.15, 0.2) is 17.0 Å². The van der Waals surface area contributed by atoms with Gasteiger partial charge in [-0.3, -0.25) is 4.90 Å². The van der Waals surface area contributed by atoms with Crippen LogP contribution < -0.4 is 21.1 Å². The number of aromatic nitrogens is 4. The number of hydrogen-bond donors (Lipinski definition) is 3. The van der Waals surface area contributed by atoms with E-state index in [1.54, 1.807) is 7.11 Å². The molecule has 36 heavy (non-hydrogen) atoms. The molecule has 0 unspecified atom stereocenters. The quantitative estimate of drug-likeness (QED) is 0.290. The first-order valence-corrected chi connectivity index (χ1v) is 12.2. The third kappa shape index (κ3) is 5.84. The molecule has 10 heteroatoms. The van der Waals surface area contributed by atoms with E-state index in [9.17, 15) is 0 Å². The summed E-state index contributed by atoms with van der Waals surface area (Å²) in [5, 5.41) is 6.82. The van der Waals surface area contributed by atoms with E-state index in [1.165, 1.54) is 0 Å². The highest BCUT2D eigenvalue weighted by molar-refractivity contribution is 5.84. The molecule has 10 nitrogen and oxygen atoms in total. The summed E-state index contributed by atoms with van der Waals surface area (Å²) in [6.07, 6.45) is 1.85. The highest BCUT2D eigenvalue weighted by Crippen LogP contribution is 2.22. The minimum atomic E-state index is 0.547. The van der Waals surface area contributed by atoms with Gasteiger partial charge in [0.25, 0.3) is 0 Å². The zero-order valence-electron chi connectivity index (χ0n) is 20.5. The molecule has 0 amide bonds. The van der Waals surface area contributed by atoms with Gasteiger partial charge < -0.3 is 30.4 Å². The number of methoxy groups -OCH3 is 1. The van der Waals surface area contributed by atoms with Crippen LogP contribution in [0.4, 0.5) is 17.5 Å². The number of hydrogen-bond acceptors (Lipinski definition) is 9. The summed E-state index contributed by atoms with van der Waals surface area (Å²) in [5.74, 6) is 2.07. The molecule has 0 spiro atoms. The van der Waals surface area contributed by atoms with Crippen molar-refractivity contribution in [2.24, 2.45) is 0 Å². The summed E-state index contributed by atoms with van der Waals surface area (Å²) in [6.45, 7) is 6.37. The Bertz CT molecular complexity index is 1270. The minimum absolute atomic E-state index is 0.547. The minimum Gasteiger partial charge on any atom is -0.497 e. The molecule has 188 valence electrons. The lowest BCUT2D eigenvalue weighted by molar-refractivity contribution is 0.0365. The van der Waals surface area contributed by atoms with Crippen molar-refractivity contribution in [2.75, 3.05) is 56.3 Å². The van der Waals surface area contributed by atoms with Crippen LogP contribution in [-0.2, 0) is 24.4 Å². The van der Waals surface area contributed by atoms with Crippen LogP contribution in [0.25, 0.3) is 11.2 Å². The second-order valence-corrected chi connectivity index (χ2v) is 8.76. The molecule has 0 saturated carbocycles. The Labute approximate surface area is 210 Å². The molecule has 0 bridgehead atoms. The highest BCUT2D eigenvalue weighted by atomic mass is 16.5. The molecule has 1 fully saturated rings. The van der Waals surface area contributed by atoms with E-state index in [1.807, 2.05) is 54.9 Å². The number of nitrogens with zero attached hydrogens (tertiary/aromatic N) is 5. The molecule has 1 saturated heterocycles. The van der Waals surface area contributed by atoms with Crippen LogP contribution >= 0.6 is 0 Å². The lowest BCUT2D eigenvalue weighted by Crippen LogP contribution is -2.38. The van der Waals surface area contributed by atoms with Crippen LogP contribution in [0.5, 0.6) is 5.75 Å². The van der Waals surface area contributed by atoms with Crippen molar-refractivity contribution in [3.05, 3.63) is 66.0 Å². The van der Waals surface area contributed by atoms with E-state index in [0.29, 0.717) is 24.9 Å². The van der Waals surface area contributed by atoms with Crippen molar-refractivity contribution in [3.8, 4) is 5.75 Å². The highest BCUT2D eigenvalue weighted by Gasteiger charge is 2.15. The topological polar surface area (TPSA) is 115 Å². The van der Waals surface area contributed by atoms with Gasteiger partial charge in [0.2, 0.25) is 5.95 Å². The Hall–Kier alpha value is -3.89. The lowest BCUT2D eigenvalue weighted by Gasteiger charge is -2.26. The molecular formula is C26H32N8O2. The van der Waals surface area contributed by atoms with Gasteiger partial charge in [0, 0.05) is 45.0 Å². The monoisotopic (exact) mass is 488 g/mol. The van der Waals surface area contributed by atoms with E-state index in [0.717, 1.165) is 73.1 Å². The third-order valence-electron chi connectivity index (χ3n) is 6.27. The number of anilines is 3. The average molecular weight is 489 g/mol. The number of benzene rings is 2. The number of imidazole rings is 1. The molecule has 4 N–H and O–H groups in total. The van der Waals surface area contributed by atoms with Crippen molar-refractivity contribution in [1.29, 1.82) is 0 Å². The molecule has 2 aromatic heterocycles. The Kier molecular flexibility index (Phi) is 7.44. The summed E-state index contributed by atoms with van der Waals surface area (Å²) in [4.78, 5) is 16.6. The maximum absolute atomic E-state index is 5.83. The number of nitrogens with two attached hydrogens (primary N) is 1. The van der Waals surface area contributed by atoms with Crippen molar-refractivity contribution in [2.45, 2.75) is 19.6 Å². The second kappa shape index (κ2) is 11.2. The largest absolute Gasteiger partial charge is 0.497 e. The van der Waals surface area contributed by atoms with Gasteiger partial charge in [0.1, 0.15) is 5.75 Å². The Morgan fingerprint density at radius 2 is 1.61 bits per heavy atom. The Morgan fingerprint density at radius 1 is 0.917 bits per heavy atom. The lowest BCUT2D eigenvalue weighted by atomic mass is 10.2. The van der Waals surface area contributed by atoms with E-state index in [2.05, 4.69) is 25.1 Å². The van der Waals surface area contributed by atoms with Gasteiger partial charge >= 0.3 is 0 Å². The smallest absolute Gasteiger partial charge is 0.227 e. The van der Waals surface area contributed by atoms with Crippen molar-refractivity contribution < 1.29 is 9.47 Å². The van der Waals surface area contributed by atoms with Gasteiger partial charge in [-0.05, 0) is 35.4 Å². The number of nitrogen functional groups attached to an aromatic ring is 1. The third-order valence-corrected chi connectivity index (χ3v) is 6.27. The summed E-state index contributed by atoms with van der Waals surface area (Å²) in [5.41, 5.74) is 10.3. The first-order chi connectivity index (χ1) is 17.7. The summed E-state index contributed by atoms with van der Waals surface area (Å²) in [6, 6.07) is 15.7. The molecule has 4 aromatic rings. The predicted molar refractivity (Wildman–Crippen MR) is 141 cm³/mol. The standard InChI is InChI=1S/C26H32N8O2/c1-35-22-8-4-20(5-9-22)17-29-26-31-24(28-16-19-2-6-21(27)7-3-19)23-25(32-26)34(18-30-23)11-10-33-12-14-36-15-13-33/h2-9,18H,10-17,27H2,1H3,(H2,28,29,31,32). The molecule has 3 heterocycles. The van der Waals surface area contributed by atoms with Crippen LogP contribution in [-0.4, -0.2) is 64.4 Å². The molecule has 2 aromatic carbocycles. The van der Waals surface area contributed by atoms with Crippen molar-refractivity contribution in [3.63, 3.8) is 0 Å². The van der Waals surface area contributed by atoms with Crippen molar-refractivity contribution in [1.82, 2.24) is 24.4 Å². The van der Waals surface area contributed by atoms with Gasteiger partial charge in [-0.1, -0.05) is 24.3 Å². The fourth-order valence-corrected chi connectivity index (χ4v) is 4.13. The molecule has 1 aliphatic heterocycles. The van der Waals surface area contributed by atoms with Crippen LogP contribution in [0.1, 0.15) is 11.1 Å². The molecule has 0 atom stereocenters. The number of morpholine rings is 1. The normalized spacial score (nSPS) is 14.1. The maximum Gasteiger partial charge on any atom is 0.227 e. The van der Waals surface area contributed by atoms with Crippen LogP contribution in [0.3, 0.4) is 0 Å². The van der Waals surface area contributed by atoms with Gasteiger partial charge in [-0.15, -0.1) is 0 Å². The van der Waals surface area contributed by atoms with Gasteiger partial charge in [-0.25, -0.2) is 4.98 Å². The molecular weight excluding hydrogens is 456 g/mol. The molecule has 0 aliphatic carbocycles. The van der Waals surface area contributed by atoms with E-state index in [-0.39, 0.29) is 0 Å². The van der Waals surface area contributed by atoms with Crippen molar-refractivity contribution >= 4 is 28.6 Å². The molecule has 1 aliphatic rings. The van der Waals surface area contributed by atoms with Crippen LogP contribution in [0, 0.1) is 0 Å². The fourth-order valence-electron chi connectivity index (χ4n) is 4.13. The van der Waals surface area contributed by atoms with E-state index in [4.69, 9.17) is 25.2 Å². The maximum atomic E-state index is 5.83. The summed E-state index contributed by atoms with van der Waals surface area (Å²) in [7, 11) is 1.66. The first kappa shape index (κ1) is 23.8. The number of ether oxygens (including phenoxy) is 2. The van der Waals surface area contributed by atoms with Crippen LogP contribution in [0.2, 0.25) is 0 Å². The predicted octanol–water partition coefficient (Wildman–Crippen LogP) is 2.97. The zero-order valence-corrected chi connectivity index (χ0v) is 20.5. The fraction of sp³-hybridized carbons (Fsp3) is 0.346. The zero-order chi connectivity index (χ0) is 24.7. The average Bonchev–Trinajstić information content (AvgIpc) is 3.34. The summed E-state index contributed by atoms with van der Waals surface area (Å²) >= 11 is 0. The molecule has 0 radical (unpaired) electrons. The van der Waals surface area contributed by atoms with Gasteiger partial charge in [0.05, 0.1) is 26.7 Å². The SMILES string of the molecule is COc1ccc(CNc2nc(NCc3ccc(N)cc3)c3ncn(CCN4CCOCC4)c3n2)cc1. The van der Waals surface area contributed by atoms with Crippen LogP contribution in [0.15, 0.2) is 54.9 Å². The molecule has 5 rings (SSSR count). The van der Waals surface area contributed by atoms with E-state index >= 15 is 0 Å². The Balaban J connectivity index is 1.37. The number of fused-ring (bicyclic) bond motifs is 1. The second-order valence-electron chi connectivity index (χ2n) is 8.76. The number of nitrogens with one attached hydrogen (secondary N) is 2. The van der Waals surface area contributed by atoms with E-state index < -0.39 is 0 Å².